The van der Waals surface area contributed by atoms with Crippen LogP contribution in [0.3, 0.4) is 0 Å². The summed E-state index contributed by atoms with van der Waals surface area (Å²) in [6, 6.07) is 0. The summed E-state index contributed by atoms with van der Waals surface area (Å²) in [6.07, 6.45) is -2.28. The van der Waals surface area contributed by atoms with Crippen LogP contribution in [0.4, 0.5) is 0 Å². The summed E-state index contributed by atoms with van der Waals surface area (Å²) in [4.78, 5) is 22.4. The summed E-state index contributed by atoms with van der Waals surface area (Å²) < 4.78 is 21.2. The number of aliphatic hydroxyl groups excluding tert-OH is 4. The molecule has 0 aliphatic heterocycles. The van der Waals surface area contributed by atoms with Crippen molar-refractivity contribution in [1.82, 2.24) is 10.5 Å². The van der Waals surface area contributed by atoms with Crippen LogP contribution in [-0.2, 0) is 38.3 Å². The van der Waals surface area contributed by atoms with Crippen molar-refractivity contribution in [3.8, 4) is 0 Å². The smallest absolute Gasteiger partial charge is 0.0945 e. The molecular formula is C22H48N2O12. The molecule has 0 radical (unpaired) electrons. The molecule has 0 aromatic carbocycles. The standard InChI is InChI=1S/C22H48N2O12/c1-19(25)15-29-7-11-33-23(34-12-8-30-16-20(2)26)5-6-24(35-13-9-31-17-21(3)27)36-14-10-32-18-22(4)28/h19-22,25-28H,5-18H2,1-4H3. The van der Waals surface area contributed by atoms with E-state index in [1.165, 1.54) is 10.5 Å². The molecule has 4 atom stereocenters. The van der Waals surface area contributed by atoms with Gasteiger partial charge in [0.1, 0.15) is 0 Å². The first-order valence-electron chi connectivity index (χ1n) is 12.3. The highest BCUT2D eigenvalue weighted by Gasteiger charge is 2.13. The number of nitrogens with zero attached hydrogens (tertiary/aromatic N) is 2. The third-order valence-corrected chi connectivity index (χ3v) is 3.75. The average molecular weight is 533 g/mol. The van der Waals surface area contributed by atoms with Crippen LogP contribution in [0.2, 0.25) is 0 Å². The Labute approximate surface area is 214 Å². The maximum atomic E-state index is 9.27. The first-order chi connectivity index (χ1) is 17.2. The van der Waals surface area contributed by atoms with E-state index in [-0.39, 0.29) is 92.4 Å². The van der Waals surface area contributed by atoms with Crippen molar-refractivity contribution in [3.05, 3.63) is 0 Å². The number of hydroxylamine groups is 4. The maximum absolute atomic E-state index is 9.27. The molecule has 0 aliphatic rings. The van der Waals surface area contributed by atoms with Gasteiger partial charge in [-0.2, -0.15) is 0 Å². The van der Waals surface area contributed by atoms with Gasteiger partial charge < -0.3 is 39.4 Å². The molecule has 4 unspecified atom stereocenters. The topological polar surface area (TPSA) is 161 Å². The molecule has 0 aromatic heterocycles. The molecule has 0 saturated heterocycles. The Morgan fingerprint density at radius 1 is 0.417 bits per heavy atom. The van der Waals surface area contributed by atoms with Gasteiger partial charge >= 0.3 is 0 Å². The normalized spacial score (nSPS) is 15.5. The van der Waals surface area contributed by atoms with Gasteiger partial charge in [0.2, 0.25) is 0 Å². The van der Waals surface area contributed by atoms with Gasteiger partial charge in [-0.15, -0.1) is 0 Å². The lowest BCUT2D eigenvalue weighted by atomic mass is 10.4. The van der Waals surface area contributed by atoms with Gasteiger partial charge in [-0.05, 0) is 27.7 Å². The number of ether oxygens (including phenoxy) is 4. The van der Waals surface area contributed by atoms with Crippen molar-refractivity contribution in [2.24, 2.45) is 0 Å². The SMILES string of the molecule is CC(O)COCCON(CCN(OCCOCC(C)O)OCCOCC(C)O)OCCOCC(C)O. The second-order valence-electron chi connectivity index (χ2n) is 8.14. The third kappa shape index (κ3) is 26.5. The molecule has 14 heteroatoms. The zero-order chi connectivity index (χ0) is 27.0. The summed E-state index contributed by atoms with van der Waals surface area (Å²) in [5.41, 5.74) is 0. The predicted octanol–water partition coefficient (Wildman–Crippen LogP) is -1.09. The summed E-state index contributed by atoms with van der Waals surface area (Å²) in [7, 11) is 0. The Morgan fingerprint density at radius 3 is 0.833 bits per heavy atom. The molecule has 0 heterocycles. The minimum Gasteiger partial charge on any atom is -0.391 e. The van der Waals surface area contributed by atoms with E-state index in [9.17, 15) is 20.4 Å². The lowest BCUT2D eigenvalue weighted by molar-refractivity contribution is -0.405. The number of aliphatic hydroxyl groups is 4. The maximum Gasteiger partial charge on any atom is 0.0945 e. The first-order valence-corrected chi connectivity index (χ1v) is 12.3. The van der Waals surface area contributed by atoms with Gasteiger partial charge in [0, 0.05) is 0 Å². The zero-order valence-corrected chi connectivity index (χ0v) is 22.2. The minimum absolute atomic E-state index is 0.184. The van der Waals surface area contributed by atoms with Crippen molar-refractivity contribution in [3.63, 3.8) is 0 Å². The van der Waals surface area contributed by atoms with E-state index >= 15 is 0 Å². The van der Waals surface area contributed by atoms with Gasteiger partial charge in [0.25, 0.3) is 0 Å². The zero-order valence-electron chi connectivity index (χ0n) is 22.2. The van der Waals surface area contributed by atoms with Crippen molar-refractivity contribution in [1.29, 1.82) is 0 Å². The van der Waals surface area contributed by atoms with Gasteiger partial charge in [0.15, 0.2) is 0 Å². The van der Waals surface area contributed by atoms with E-state index in [0.717, 1.165) is 0 Å². The van der Waals surface area contributed by atoms with Crippen LogP contribution in [0, 0.1) is 0 Å². The van der Waals surface area contributed by atoms with Crippen LogP contribution in [-0.4, -0.2) is 148 Å². The Balaban J connectivity index is 4.60. The lowest BCUT2D eigenvalue weighted by Crippen LogP contribution is -2.38. The number of rotatable bonds is 27. The molecule has 0 fully saturated rings. The molecule has 218 valence electrons. The molecule has 0 aromatic rings. The summed E-state index contributed by atoms with van der Waals surface area (Å²) >= 11 is 0. The Kier molecular flexibility index (Phi) is 24.4. The Morgan fingerprint density at radius 2 is 0.639 bits per heavy atom. The molecule has 36 heavy (non-hydrogen) atoms. The average Bonchev–Trinajstić information content (AvgIpc) is 2.79. The molecule has 0 bridgehead atoms. The van der Waals surface area contributed by atoms with E-state index in [0.29, 0.717) is 0 Å². The first kappa shape index (κ1) is 35.4. The van der Waals surface area contributed by atoms with Crippen molar-refractivity contribution in [2.75, 3.05) is 92.4 Å². The quantitative estimate of drug-likeness (QED) is 0.0745. The number of hydrogen-bond acceptors (Lipinski definition) is 14. The van der Waals surface area contributed by atoms with Crippen molar-refractivity contribution >= 4 is 0 Å². The summed E-state index contributed by atoms with van der Waals surface area (Å²) in [5, 5.41) is 39.6. The van der Waals surface area contributed by atoms with Crippen molar-refractivity contribution < 1.29 is 58.7 Å². The van der Waals surface area contributed by atoms with Crippen LogP contribution < -0.4 is 0 Å². The predicted molar refractivity (Wildman–Crippen MR) is 127 cm³/mol. The molecule has 0 aliphatic carbocycles. The Hall–Kier alpha value is -0.560. The highest BCUT2D eigenvalue weighted by atomic mass is 17.0. The van der Waals surface area contributed by atoms with Crippen LogP contribution in [0.1, 0.15) is 27.7 Å². The second kappa shape index (κ2) is 24.8. The molecule has 0 amide bonds. The van der Waals surface area contributed by atoms with Gasteiger partial charge in [-0.3, -0.25) is 19.4 Å². The largest absolute Gasteiger partial charge is 0.391 e. The molecule has 0 rings (SSSR count). The highest BCUT2D eigenvalue weighted by molar-refractivity contribution is 4.45. The number of hydrogen-bond donors (Lipinski definition) is 4. The van der Waals surface area contributed by atoms with Gasteiger partial charge in [-0.25, -0.2) is 0 Å². The fourth-order valence-electron chi connectivity index (χ4n) is 2.30. The highest BCUT2D eigenvalue weighted by Crippen LogP contribution is 2.00. The fourth-order valence-corrected chi connectivity index (χ4v) is 2.30. The fraction of sp³-hybridized carbons (Fsp3) is 1.00. The minimum atomic E-state index is -0.569. The Bertz CT molecular complexity index is 385. The molecule has 4 N–H and O–H groups in total. The van der Waals surface area contributed by atoms with Crippen LogP contribution in [0.15, 0.2) is 0 Å². The van der Waals surface area contributed by atoms with E-state index in [4.69, 9.17) is 38.3 Å². The van der Waals surface area contributed by atoms with E-state index < -0.39 is 24.4 Å². The summed E-state index contributed by atoms with van der Waals surface area (Å²) in [6.45, 7) is 9.47. The molecule has 0 spiro atoms. The lowest BCUT2D eigenvalue weighted by Gasteiger charge is -2.25. The monoisotopic (exact) mass is 532 g/mol. The van der Waals surface area contributed by atoms with E-state index in [1.807, 2.05) is 0 Å². The van der Waals surface area contributed by atoms with Gasteiger partial charge in [0.05, 0.1) is 117 Å². The van der Waals surface area contributed by atoms with Crippen molar-refractivity contribution in [2.45, 2.75) is 52.1 Å². The van der Waals surface area contributed by atoms with Crippen LogP contribution >= 0.6 is 0 Å². The van der Waals surface area contributed by atoms with E-state index in [2.05, 4.69) is 0 Å². The molecule has 14 nitrogen and oxygen atoms in total. The molecule has 0 saturated carbocycles. The molecular weight excluding hydrogens is 484 g/mol. The van der Waals surface area contributed by atoms with Crippen LogP contribution in [0.5, 0.6) is 0 Å². The summed E-state index contributed by atoms with van der Waals surface area (Å²) in [5.74, 6) is 0. The third-order valence-electron chi connectivity index (χ3n) is 3.75. The van der Waals surface area contributed by atoms with E-state index in [1.54, 1.807) is 27.7 Å². The van der Waals surface area contributed by atoms with Crippen LogP contribution in [0.25, 0.3) is 0 Å². The van der Waals surface area contributed by atoms with Gasteiger partial charge in [-0.1, -0.05) is 10.5 Å². The second-order valence-corrected chi connectivity index (χ2v) is 8.14.